The first kappa shape index (κ1) is 19.3. The Kier molecular flexibility index (Phi) is 4.52. The van der Waals surface area contributed by atoms with Crippen LogP contribution in [-0.2, 0) is 0 Å². The summed E-state index contributed by atoms with van der Waals surface area (Å²) in [6.45, 7) is 4.05. The van der Waals surface area contributed by atoms with Crippen LogP contribution in [0, 0.1) is 11.3 Å². The van der Waals surface area contributed by atoms with E-state index in [2.05, 4.69) is 36.5 Å². The minimum absolute atomic E-state index is 0.113. The lowest BCUT2D eigenvalue weighted by Crippen LogP contribution is -2.12. The average Bonchev–Trinajstić information content (AvgIpc) is 3.41. The molecule has 11 nitrogen and oxygen atoms in total. The van der Waals surface area contributed by atoms with E-state index in [4.69, 9.17) is 4.98 Å². The molecule has 156 valence electrons. The standard InChI is InChI=1S/C21H16N10O/c1-12(2)30-11-14(9-25-30)18-28-19-15-5-3-4-13(8-22)17(15)27-21(31(19)29-18)26-16-10-23-6-7-24-20(16)32/h3-7,9-12H,1-2H3,(H,24,26,27,32). The summed E-state index contributed by atoms with van der Waals surface area (Å²) >= 11 is 0. The quantitative estimate of drug-likeness (QED) is 0.461. The molecule has 4 heterocycles. The number of rotatable bonds is 4. The van der Waals surface area contributed by atoms with Gasteiger partial charge in [-0.3, -0.25) is 14.5 Å². The molecule has 1 N–H and O–H groups in total. The van der Waals surface area contributed by atoms with Gasteiger partial charge in [0.1, 0.15) is 11.8 Å². The second-order valence-corrected chi connectivity index (χ2v) is 7.27. The molecule has 0 aliphatic rings. The van der Waals surface area contributed by atoms with Crippen molar-refractivity contribution in [2.24, 2.45) is 0 Å². The molecule has 5 aromatic rings. The van der Waals surface area contributed by atoms with Crippen molar-refractivity contribution in [2.45, 2.75) is 19.9 Å². The summed E-state index contributed by atoms with van der Waals surface area (Å²) in [7, 11) is 0. The molecule has 0 saturated heterocycles. The highest BCUT2D eigenvalue weighted by Crippen LogP contribution is 2.27. The van der Waals surface area contributed by atoms with Gasteiger partial charge in [0.25, 0.3) is 5.56 Å². The topological polar surface area (TPSA) is 140 Å². The maximum atomic E-state index is 12.3. The van der Waals surface area contributed by atoms with Gasteiger partial charge in [0, 0.05) is 30.0 Å². The van der Waals surface area contributed by atoms with E-state index in [0.717, 1.165) is 5.56 Å². The predicted octanol–water partition coefficient (Wildman–Crippen LogP) is 2.49. The summed E-state index contributed by atoms with van der Waals surface area (Å²) in [5.41, 5.74) is 1.64. The van der Waals surface area contributed by atoms with E-state index in [0.29, 0.717) is 27.9 Å². The summed E-state index contributed by atoms with van der Waals surface area (Å²) in [6, 6.07) is 7.60. The van der Waals surface area contributed by atoms with Crippen LogP contribution >= 0.6 is 0 Å². The third-order valence-electron chi connectivity index (χ3n) is 4.84. The normalized spacial score (nSPS) is 11.2. The third-order valence-corrected chi connectivity index (χ3v) is 4.84. The molecule has 0 bridgehead atoms. The van der Waals surface area contributed by atoms with E-state index in [1.54, 1.807) is 18.3 Å². The van der Waals surface area contributed by atoms with Crippen molar-refractivity contribution in [1.82, 2.24) is 39.3 Å². The minimum atomic E-state index is -0.510. The van der Waals surface area contributed by atoms with Gasteiger partial charge in [-0.2, -0.15) is 14.9 Å². The van der Waals surface area contributed by atoms with Crippen molar-refractivity contribution in [3.63, 3.8) is 0 Å². The van der Waals surface area contributed by atoms with Gasteiger partial charge in [-0.15, -0.1) is 5.10 Å². The molecular weight excluding hydrogens is 408 g/mol. The molecule has 5 rings (SSSR count). The van der Waals surface area contributed by atoms with Gasteiger partial charge < -0.3 is 5.32 Å². The van der Waals surface area contributed by atoms with Gasteiger partial charge in [-0.1, -0.05) is 6.07 Å². The van der Waals surface area contributed by atoms with Crippen LogP contribution in [-0.4, -0.2) is 39.3 Å². The van der Waals surface area contributed by atoms with Gasteiger partial charge >= 0.3 is 0 Å². The molecule has 0 atom stereocenters. The van der Waals surface area contributed by atoms with E-state index in [-0.39, 0.29) is 17.7 Å². The van der Waals surface area contributed by atoms with Crippen LogP contribution in [0.2, 0.25) is 0 Å². The molecule has 0 unspecified atom stereocenters. The average molecular weight is 424 g/mol. The molecule has 0 saturated carbocycles. The number of nitriles is 1. The summed E-state index contributed by atoms with van der Waals surface area (Å²) in [5, 5.41) is 22.1. The fraction of sp³-hybridized carbons (Fsp3) is 0.143. The fourth-order valence-electron chi connectivity index (χ4n) is 3.25. The van der Waals surface area contributed by atoms with Crippen molar-refractivity contribution in [3.8, 4) is 17.5 Å². The Morgan fingerprint density at radius 3 is 2.81 bits per heavy atom. The largest absolute Gasteiger partial charge is 0.318 e. The number of benzene rings is 1. The number of fused-ring (bicyclic) bond motifs is 3. The number of anilines is 2. The van der Waals surface area contributed by atoms with Crippen LogP contribution in [0.4, 0.5) is 11.6 Å². The molecule has 32 heavy (non-hydrogen) atoms. The molecule has 0 spiro atoms. The van der Waals surface area contributed by atoms with Gasteiger partial charge in [-0.05, 0) is 26.0 Å². The van der Waals surface area contributed by atoms with Gasteiger partial charge in [0.15, 0.2) is 11.5 Å². The molecular formula is C21H16N10O. The van der Waals surface area contributed by atoms with E-state index >= 15 is 0 Å². The van der Waals surface area contributed by atoms with Crippen molar-refractivity contribution in [1.29, 1.82) is 5.26 Å². The summed E-state index contributed by atoms with van der Waals surface area (Å²) < 4.78 is 3.31. The maximum absolute atomic E-state index is 12.3. The number of nitrogens with zero attached hydrogens (tertiary/aromatic N) is 9. The first-order valence-corrected chi connectivity index (χ1v) is 9.76. The number of nitrogens with one attached hydrogen (secondary N) is 1. The van der Waals surface area contributed by atoms with Crippen molar-refractivity contribution in [2.75, 3.05) is 5.32 Å². The van der Waals surface area contributed by atoms with E-state index in [1.807, 2.05) is 30.8 Å². The zero-order valence-corrected chi connectivity index (χ0v) is 17.1. The van der Waals surface area contributed by atoms with E-state index in [1.165, 1.54) is 23.1 Å². The lowest BCUT2D eigenvalue weighted by molar-refractivity contribution is 0.532. The number of para-hydroxylation sites is 1. The van der Waals surface area contributed by atoms with Crippen LogP contribution in [0.5, 0.6) is 0 Å². The molecule has 1 aromatic carbocycles. The molecule has 0 fully saturated rings. The van der Waals surface area contributed by atoms with Crippen LogP contribution in [0.25, 0.3) is 27.9 Å². The highest BCUT2D eigenvalue weighted by molar-refractivity contribution is 5.96. The molecule has 0 aliphatic carbocycles. The highest BCUT2D eigenvalue weighted by Gasteiger charge is 2.18. The Hall–Kier alpha value is -4.72. The Morgan fingerprint density at radius 1 is 1.16 bits per heavy atom. The molecule has 4 aromatic heterocycles. The maximum Gasteiger partial charge on any atom is 0.295 e. The Balaban J connectivity index is 1.77. The van der Waals surface area contributed by atoms with Crippen molar-refractivity contribution < 1.29 is 0 Å². The molecule has 0 radical (unpaired) electrons. The predicted molar refractivity (Wildman–Crippen MR) is 116 cm³/mol. The number of aromatic nitrogens is 8. The first-order valence-electron chi connectivity index (χ1n) is 9.76. The van der Waals surface area contributed by atoms with Crippen molar-refractivity contribution >= 4 is 28.2 Å². The zero-order chi connectivity index (χ0) is 22.2. The zero-order valence-electron chi connectivity index (χ0n) is 17.1. The Bertz CT molecular complexity index is 1580. The lowest BCUT2D eigenvalue weighted by atomic mass is 10.1. The van der Waals surface area contributed by atoms with Gasteiger partial charge in [0.2, 0.25) is 5.95 Å². The second kappa shape index (κ2) is 7.51. The monoisotopic (exact) mass is 424 g/mol. The van der Waals surface area contributed by atoms with Gasteiger partial charge in [0.05, 0.1) is 29.0 Å². The molecule has 11 heteroatoms. The van der Waals surface area contributed by atoms with E-state index < -0.39 is 5.56 Å². The third kappa shape index (κ3) is 3.20. The Labute approximate surface area is 181 Å². The summed E-state index contributed by atoms with van der Waals surface area (Å²) in [4.78, 5) is 29.3. The minimum Gasteiger partial charge on any atom is -0.318 e. The van der Waals surface area contributed by atoms with Crippen LogP contribution < -0.4 is 10.9 Å². The van der Waals surface area contributed by atoms with Crippen LogP contribution in [0.3, 0.4) is 0 Å². The number of hydrogen-bond acceptors (Lipinski definition) is 9. The van der Waals surface area contributed by atoms with Crippen LogP contribution in [0.1, 0.15) is 25.5 Å². The summed E-state index contributed by atoms with van der Waals surface area (Å²) in [6.07, 6.45) is 7.63. The highest BCUT2D eigenvalue weighted by atomic mass is 16.1. The van der Waals surface area contributed by atoms with E-state index in [9.17, 15) is 10.1 Å². The van der Waals surface area contributed by atoms with Crippen molar-refractivity contribution in [3.05, 3.63) is 65.1 Å². The van der Waals surface area contributed by atoms with Gasteiger partial charge in [-0.25, -0.2) is 15.0 Å². The molecule has 0 amide bonds. The molecule has 0 aliphatic heterocycles. The Morgan fingerprint density at radius 2 is 2.03 bits per heavy atom. The summed E-state index contributed by atoms with van der Waals surface area (Å²) in [5.74, 6) is 0.644. The first-order chi connectivity index (χ1) is 15.5. The fourth-order valence-corrected chi connectivity index (χ4v) is 3.25. The van der Waals surface area contributed by atoms with Crippen LogP contribution in [0.15, 0.2) is 54.0 Å². The lowest BCUT2D eigenvalue weighted by Gasteiger charge is -2.08. The SMILES string of the molecule is CC(C)n1cc(-c2nc3c4cccc(C#N)c4nc(Nc4cnccnc4=O)n3n2)cn1. The smallest absolute Gasteiger partial charge is 0.295 e. The number of hydrogen-bond donors (Lipinski definition) is 1. The second-order valence-electron chi connectivity index (χ2n) is 7.27.